The van der Waals surface area contributed by atoms with Gasteiger partial charge in [0.25, 0.3) is 0 Å². The van der Waals surface area contributed by atoms with Gasteiger partial charge in [-0.15, -0.1) is 0 Å². The summed E-state index contributed by atoms with van der Waals surface area (Å²) < 4.78 is 0. The number of hydrogen-bond acceptors (Lipinski definition) is 2. The van der Waals surface area contributed by atoms with Crippen molar-refractivity contribution in [1.29, 1.82) is 0 Å². The number of carbonyl (C=O) groups is 2. The largest absolute Gasteiger partial charge is 0.352 e. The lowest BCUT2D eigenvalue weighted by Crippen LogP contribution is -2.42. The third-order valence-corrected chi connectivity index (χ3v) is 4.64. The second-order valence-electron chi connectivity index (χ2n) is 6.28. The smallest absolute Gasteiger partial charge is 0.312 e. The highest BCUT2D eigenvalue weighted by molar-refractivity contribution is 5.78. The third kappa shape index (κ3) is 4.18. The van der Waals surface area contributed by atoms with Crippen LogP contribution in [-0.2, 0) is 17.6 Å². The Kier molecular flexibility index (Phi) is 5.33. The molecule has 3 amide bonds. The molecule has 25 heavy (non-hydrogen) atoms. The van der Waals surface area contributed by atoms with E-state index in [0.29, 0.717) is 6.54 Å². The van der Waals surface area contributed by atoms with Crippen LogP contribution in [0.3, 0.4) is 0 Å². The van der Waals surface area contributed by atoms with Crippen molar-refractivity contribution in [3.05, 3.63) is 71.3 Å². The molecule has 0 saturated heterocycles. The molecule has 0 fully saturated rings. The van der Waals surface area contributed by atoms with Gasteiger partial charge >= 0.3 is 6.03 Å². The van der Waals surface area contributed by atoms with Gasteiger partial charge in [0.05, 0.1) is 6.04 Å². The number of primary amides is 1. The third-order valence-electron chi connectivity index (χ3n) is 4.64. The van der Waals surface area contributed by atoms with Crippen LogP contribution >= 0.6 is 0 Å². The van der Waals surface area contributed by atoms with Gasteiger partial charge in [-0.2, -0.15) is 0 Å². The van der Waals surface area contributed by atoms with E-state index in [-0.39, 0.29) is 24.9 Å². The van der Waals surface area contributed by atoms with Crippen molar-refractivity contribution in [1.82, 2.24) is 10.2 Å². The number of benzene rings is 2. The summed E-state index contributed by atoms with van der Waals surface area (Å²) in [5.41, 5.74) is 8.81. The highest BCUT2D eigenvalue weighted by atomic mass is 16.2. The van der Waals surface area contributed by atoms with E-state index < -0.39 is 6.03 Å². The van der Waals surface area contributed by atoms with E-state index in [4.69, 9.17) is 5.73 Å². The zero-order valence-corrected chi connectivity index (χ0v) is 14.2. The summed E-state index contributed by atoms with van der Waals surface area (Å²) in [5, 5.41) is 2.49. The monoisotopic (exact) mass is 337 g/mol. The quantitative estimate of drug-likeness (QED) is 0.879. The van der Waals surface area contributed by atoms with Crippen LogP contribution in [0.4, 0.5) is 4.79 Å². The van der Waals surface area contributed by atoms with Crippen LogP contribution in [0.5, 0.6) is 0 Å². The number of rotatable bonds is 5. The predicted octanol–water partition coefficient (Wildman–Crippen LogP) is 2.41. The molecule has 1 aliphatic rings. The minimum atomic E-state index is -0.599. The van der Waals surface area contributed by atoms with Crippen molar-refractivity contribution in [2.45, 2.75) is 25.3 Å². The summed E-state index contributed by atoms with van der Waals surface area (Å²) in [5.74, 6) is 0.0455. The van der Waals surface area contributed by atoms with Crippen LogP contribution in [0.15, 0.2) is 54.6 Å². The molecule has 1 heterocycles. The number of amides is 3. The lowest BCUT2D eigenvalue weighted by molar-refractivity contribution is -0.134. The molecule has 1 aliphatic heterocycles. The van der Waals surface area contributed by atoms with E-state index in [1.165, 1.54) is 16.7 Å². The minimum Gasteiger partial charge on any atom is -0.352 e. The average Bonchev–Trinajstić information content (AvgIpc) is 2.62. The maximum atomic E-state index is 12.7. The number of nitrogens with one attached hydrogen (secondary N) is 1. The molecule has 1 unspecified atom stereocenters. The second-order valence-corrected chi connectivity index (χ2v) is 6.28. The van der Waals surface area contributed by atoms with E-state index in [9.17, 15) is 9.59 Å². The van der Waals surface area contributed by atoms with E-state index in [1.54, 1.807) is 0 Å². The first-order chi connectivity index (χ1) is 12.1. The van der Waals surface area contributed by atoms with Gasteiger partial charge in [-0.25, -0.2) is 4.79 Å². The van der Waals surface area contributed by atoms with Gasteiger partial charge in [-0.3, -0.25) is 4.79 Å². The topological polar surface area (TPSA) is 75.4 Å². The fourth-order valence-electron chi connectivity index (χ4n) is 3.44. The number of urea groups is 1. The Balaban J connectivity index is 1.81. The molecular formula is C20H23N3O2. The normalized spacial score (nSPS) is 16.2. The van der Waals surface area contributed by atoms with Crippen molar-refractivity contribution >= 4 is 11.9 Å². The summed E-state index contributed by atoms with van der Waals surface area (Å²) >= 11 is 0. The number of hydrogen-bond donors (Lipinski definition) is 2. The zero-order valence-electron chi connectivity index (χ0n) is 14.2. The molecule has 0 radical (unpaired) electrons. The van der Waals surface area contributed by atoms with Gasteiger partial charge in [-0.1, -0.05) is 54.6 Å². The second kappa shape index (κ2) is 7.83. The fourth-order valence-corrected chi connectivity index (χ4v) is 3.44. The predicted molar refractivity (Wildman–Crippen MR) is 96.9 cm³/mol. The highest BCUT2D eigenvalue weighted by Gasteiger charge is 2.30. The molecule has 3 rings (SSSR count). The van der Waals surface area contributed by atoms with E-state index in [1.807, 2.05) is 35.2 Å². The molecule has 0 spiro atoms. The maximum absolute atomic E-state index is 12.7. The van der Waals surface area contributed by atoms with Crippen LogP contribution in [0.1, 0.15) is 29.2 Å². The Morgan fingerprint density at radius 2 is 1.80 bits per heavy atom. The number of fused-ring (bicyclic) bond motifs is 1. The first-order valence-electron chi connectivity index (χ1n) is 8.59. The molecule has 0 aromatic heterocycles. The maximum Gasteiger partial charge on any atom is 0.312 e. The summed E-state index contributed by atoms with van der Waals surface area (Å²) in [7, 11) is 0. The lowest BCUT2D eigenvalue weighted by Gasteiger charge is -2.38. The van der Waals surface area contributed by atoms with Crippen LogP contribution in [-0.4, -0.2) is 29.9 Å². The van der Waals surface area contributed by atoms with Crippen LogP contribution < -0.4 is 11.1 Å². The lowest BCUT2D eigenvalue weighted by atomic mass is 9.88. The first-order valence-corrected chi connectivity index (χ1v) is 8.59. The van der Waals surface area contributed by atoms with Crippen molar-refractivity contribution < 1.29 is 9.59 Å². The van der Waals surface area contributed by atoms with E-state index in [0.717, 1.165) is 12.8 Å². The SMILES string of the molecule is NC(=O)NCCC(=O)N1CCc2ccccc2C1Cc1ccccc1. The first kappa shape index (κ1) is 17.0. The standard InChI is InChI=1S/C20H23N3O2/c21-20(25)22-12-10-19(24)23-13-11-16-8-4-5-9-17(16)18(23)14-15-6-2-1-3-7-15/h1-9,18H,10-14H2,(H3,21,22,25). The number of nitrogens with zero attached hydrogens (tertiary/aromatic N) is 1. The van der Waals surface area contributed by atoms with Gasteiger partial charge in [0.1, 0.15) is 0 Å². The van der Waals surface area contributed by atoms with Gasteiger partial charge in [0.15, 0.2) is 0 Å². The van der Waals surface area contributed by atoms with E-state index >= 15 is 0 Å². The Bertz CT molecular complexity index is 746. The molecule has 1 atom stereocenters. The Morgan fingerprint density at radius 1 is 1.08 bits per heavy atom. The minimum absolute atomic E-state index is 0.0217. The van der Waals surface area contributed by atoms with Gasteiger partial charge in [0.2, 0.25) is 5.91 Å². The van der Waals surface area contributed by atoms with Gasteiger partial charge in [-0.05, 0) is 29.5 Å². The average molecular weight is 337 g/mol. The molecule has 0 saturated carbocycles. The van der Waals surface area contributed by atoms with Crippen molar-refractivity contribution in [3.63, 3.8) is 0 Å². The highest BCUT2D eigenvalue weighted by Crippen LogP contribution is 2.32. The molecular weight excluding hydrogens is 314 g/mol. The molecule has 2 aromatic carbocycles. The van der Waals surface area contributed by atoms with Crippen molar-refractivity contribution in [3.8, 4) is 0 Å². The molecule has 5 nitrogen and oxygen atoms in total. The van der Waals surface area contributed by atoms with Crippen LogP contribution in [0.2, 0.25) is 0 Å². The van der Waals surface area contributed by atoms with Crippen LogP contribution in [0.25, 0.3) is 0 Å². The van der Waals surface area contributed by atoms with Crippen molar-refractivity contribution in [2.24, 2.45) is 5.73 Å². The summed E-state index contributed by atoms with van der Waals surface area (Å²) in [4.78, 5) is 25.5. The van der Waals surface area contributed by atoms with Gasteiger partial charge < -0.3 is 16.0 Å². The zero-order chi connectivity index (χ0) is 17.6. The molecule has 0 aliphatic carbocycles. The molecule has 5 heteroatoms. The number of carbonyl (C=O) groups excluding carboxylic acids is 2. The summed E-state index contributed by atoms with van der Waals surface area (Å²) in [6, 6.07) is 18.0. The van der Waals surface area contributed by atoms with Crippen LogP contribution in [0, 0.1) is 0 Å². The Morgan fingerprint density at radius 3 is 2.56 bits per heavy atom. The molecule has 130 valence electrons. The molecule has 3 N–H and O–H groups in total. The Hall–Kier alpha value is -2.82. The summed E-state index contributed by atoms with van der Waals surface area (Å²) in [6.07, 6.45) is 1.90. The fraction of sp³-hybridized carbons (Fsp3) is 0.300. The Labute approximate surface area is 147 Å². The van der Waals surface area contributed by atoms with Gasteiger partial charge in [0, 0.05) is 19.5 Å². The molecule has 2 aromatic rings. The summed E-state index contributed by atoms with van der Waals surface area (Å²) in [6.45, 7) is 0.967. The molecule has 0 bridgehead atoms. The number of nitrogens with two attached hydrogens (primary N) is 1. The van der Waals surface area contributed by atoms with Crippen molar-refractivity contribution in [2.75, 3.05) is 13.1 Å². The van der Waals surface area contributed by atoms with E-state index in [2.05, 4.69) is 29.6 Å².